The number of aliphatic hydroxyl groups excluding tert-OH is 1. The van der Waals surface area contributed by atoms with Crippen molar-refractivity contribution in [3.8, 4) is 5.75 Å². The molecule has 178 valence electrons. The molecule has 2 N–H and O–H groups in total. The molecule has 0 saturated heterocycles. The van der Waals surface area contributed by atoms with Crippen LogP contribution in [0.2, 0.25) is 0 Å². The Balaban J connectivity index is 1.83. The lowest BCUT2D eigenvalue weighted by Crippen LogP contribution is -2.27. The predicted octanol–water partition coefficient (Wildman–Crippen LogP) is 2.71. The number of ether oxygens (including phenoxy) is 2. The monoisotopic (exact) mass is 470 g/mol. The number of hydrogen-bond acceptors (Lipinski definition) is 6. The molecule has 1 amide bonds. The molecule has 0 aliphatic carbocycles. The zero-order valence-corrected chi connectivity index (χ0v) is 17.9. The van der Waals surface area contributed by atoms with E-state index in [0.29, 0.717) is 28.2 Å². The first kappa shape index (κ1) is 24.4. The molecule has 3 aromatic rings. The summed E-state index contributed by atoms with van der Waals surface area (Å²) in [6, 6.07) is 3.27. The highest BCUT2D eigenvalue weighted by atomic mass is 19.4. The number of carbonyl (C=O) groups excluding carboxylic acids is 1. The van der Waals surface area contributed by atoms with E-state index in [0.717, 1.165) is 12.1 Å². The number of benzene rings is 1. The van der Waals surface area contributed by atoms with E-state index in [4.69, 9.17) is 9.84 Å². The van der Waals surface area contributed by atoms with Crippen molar-refractivity contribution in [1.29, 1.82) is 0 Å². The van der Waals surface area contributed by atoms with Gasteiger partial charge in [-0.15, -0.1) is 13.2 Å². The molecule has 0 aliphatic rings. The van der Waals surface area contributed by atoms with Gasteiger partial charge in [-0.3, -0.25) is 4.79 Å². The summed E-state index contributed by atoms with van der Waals surface area (Å²) in [5.74, 6) is -2.43. The van der Waals surface area contributed by atoms with E-state index in [2.05, 4.69) is 20.1 Å². The Morgan fingerprint density at radius 2 is 2.00 bits per heavy atom. The molecule has 3 rings (SSSR count). The maximum atomic E-state index is 13.7. The number of nitrogens with zero attached hydrogens (tertiary/aromatic N) is 3. The van der Waals surface area contributed by atoms with Gasteiger partial charge in [0.25, 0.3) is 5.91 Å². The summed E-state index contributed by atoms with van der Waals surface area (Å²) in [5.41, 5.74) is 2.80. The summed E-state index contributed by atoms with van der Waals surface area (Å²) in [6.07, 6.45) is -3.49. The van der Waals surface area contributed by atoms with Gasteiger partial charge in [0.2, 0.25) is 0 Å². The quantitative estimate of drug-likeness (QED) is 0.369. The summed E-state index contributed by atoms with van der Waals surface area (Å²) in [6.45, 7) is 3.98. The zero-order chi connectivity index (χ0) is 24.2. The van der Waals surface area contributed by atoms with Crippen molar-refractivity contribution in [3.63, 3.8) is 0 Å². The highest BCUT2D eigenvalue weighted by Crippen LogP contribution is 2.28. The summed E-state index contributed by atoms with van der Waals surface area (Å²) in [7, 11) is 0. The standard InChI is InChI=1S/C21H22F4N4O4/c1-12-15(9-14-3-4-17(22)18(10-14)33-21(23,24)25)13(2)29-19(28-12)16(11-27-29)20(31)26-5-7-32-8-6-30/h3-4,10-11,30H,5-9H2,1-2H3,(H,26,31). The van der Waals surface area contributed by atoms with Crippen molar-refractivity contribution in [3.05, 3.63) is 58.3 Å². The van der Waals surface area contributed by atoms with Gasteiger partial charge in [0, 0.05) is 24.4 Å². The Labute approximate surface area is 186 Å². The van der Waals surface area contributed by atoms with Crippen molar-refractivity contribution >= 4 is 11.6 Å². The Bertz CT molecular complexity index is 1150. The van der Waals surface area contributed by atoms with Gasteiger partial charge in [0.15, 0.2) is 17.2 Å². The maximum absolute atomic E-state index is 13.7. The number of halogens is 4. The van der Waals surface area contributed by atoms with Crippen LogP contribution in [0.5, 0.6) is 5.75 Å². The lowest BCUT2D eigenvalue weighted by Gasteiger charge is -2.14. The third kappa shape index (κ3) is 5.96. The SMILES string of the molecule is Cc1nc2c(C(=O)NCCOCCO)cnn2c(C)c1Cc1ccc(F)c(OC(F)(F)F)c1. The number of nitrogens with one attached hydrogen (secondary N) is 1. The van der Waals surface area contributed by atoms with Crippen LogP contribution in [0.15, 0.2) is 24.4 Å². The molecular formula is C21H22F4N4O4. The first-order chi connectivity index (χ1) is 15.6. The van der Waals surface area contributed by atoms with Crippen LogP contribution in [0.3, 0.4) is 0 Å². The third-order valence-corrected chi connectivity index (χ3v) is 4.82. The van der Waals surface area contributed by atoms with E-state index in [9.17, 15) is 22.4 Å². The minimum atomic E-state index is -5.01. The van der Waals surface area contributed by atoms with E-state index in [1.165, 1.54) is 16.8 Å². The van der Waals surface area contributed by atoms with Crippen LogP contribution in [-0.2, 0) is 11.2 Å². The predicted molar refractivity (Wildman–Crippen MR) is 109 cm³/mol. The molecular weight excluding hydrogens is 448 g/mol. The van der Waals surface area contributed by atoms with Crippen LogP contribution in [0.4, 0.5) is 17.6 Å². The number of aryl methyl sites for hydroxylation is 2. The van der Waals surface area contributed by atoms with Crippen LogP contribution < -0.4 is 10.1 Å². The zero-order valence-electron chi connectivity index (χ0n) is 17.9. The molecule has 8 nitrogen and oxygen atoms in total. The molecule has 33 heavy (non-hydrogen) atoms. The summed E-state index contributed by atoms with van der Waals surface area (Å²) in [5, 5.41) is 15.6. The molecule has 0 fully saturated rings. The highest BCUT2D eigenvalue weighted by molar-refractivity contribution is 5.99. The molecule has 12 heteroatoms. The molecule has 0 atom stereocenters. The number of amides is 1. The molecule has 0 saturated carbocycles. The Kier molecular flexibility index (Phi) is 7.49. The number of fused-ring (bicyclic) bond motifs is 1. The number of aliphatic hydroxyl groups is 1. The van der Waals surface area contributed by atoms with Crippen molar-refractivity contribution in [1.82, 2.24) is 19.9 Å². The van der Waals surface area contributed by atoms with Gasteiger partial charge < -0.3 is 19.9 Å². The molecule has 0 aliphatic heterocycles. The summed E-state index contributed by atoms with van der Waals surface area (Å²) in [4.78, 5) is 16.9. The summed E-state index contributed by atoms with van der Waals surface area (Å²) < 4.78 is 61.6. The average molecular weight is 470 g/mol. The topological polar surface area (TPSA) is 98.0 Å². The number of aromatic nitrogens is 3. The fourth-order valence-corrected chi connectivity index (χ4v) is 3.29. The maximum Gasteiger partial charge on any atom is 0.573 e. The van der Waals surface area contributed by atoms with E-state index < -0.39 is 23.8 Å². The van der Waals surface area contributed by atoms with E-state index >= 15 is 0 Å². The Hall–Kier alpha value is -3.25. The van der Waals surface area contributed by atoms with Crippen LogP contribution in [0, 0.1) is 19.7 Å². The van der Waals surface area contributed by atoms with Gasteiger partial charge >= 0.3 is 6.36 Å². The van der Waals surface area contributed by atoms with Gasteiger partial charge in [0.1, 0.15) is 5.56 Å². The van der Waals surface area contributed by atoms with Crippen molar-refractivity contribution in [2.75, 3.05) is 26.4 Å². The highest BCUT2D eigenvalue weighted by Gasteiger charge is 2.32. The minimum Gasteiger partial charge on any atom is -0.403 e. The number of alkyl halides is 3. The van der Waals surface area contributed by atoms with Crippen molar-refractivity contribution in [2.45, 2.75) is 26.6 Å². The van der Waals surface area contributed by atoms with Crippen LogP contribution in [0.1, 0.15) is 32.9 Å². The summed E-state index contributed by atoms with van der Waals surface area (Å²) >= 11 is 0. The largest absolute Gasteiger partial charge is 0.573 e. The van der Waals surface area contributed by atoms with Crippen LogP contribution >= 0.6 is 0 Å². The fraction of sp³-hybridized carbons (Fsp3) is 0.381. The third-order valence-electron chi connectivity index (χ3n) is 4.82. The first-order valence-corrected chi connectivity index (χ1v) is 9.95. The van der Waals surface area contributed by atoms with Gasteiger partial charge in [-0.2, -0.15) is 5.10 Å². The lowest BCUT2D eigenvalue weighted by molar-refractivity contribution is -0.275. The molecule has 0 unspecified atom stereocenters. The normalized spacial score (nSPS) is 11.7. The van der Waals surface area contributed by atoms with Crippen molar-refractivity contribution < 1.29 is 36.9 Å². The Morgan fingerprint density at radius 1 is 1.24 bits per heavy atom. The minimum absolute atomic E-state index is 0.110. The molecule has 2 heterocycles. The van der Waals surface area contributed by atoms with Crippen LogP contribution in [-0.4, -0.2) is 58.3 Å². The van der Waals surface area contributed by atoms with Crippen molar-refractivity contribution in [2.24, 2.45) is 0 Å². The average Bonchev–Trinajstić information content (AvgIpc) is 3.16. The van der Waals surface area contributed by atoms with E-state index in [-0.39, 0.29) is 38.3 Å². The lowest BCUT2D eigenvalue weighted by atomic mass is 10.0. The van der Waals surface area contributed by atoms with Gasteiger partial charge in [-0.05, 0) is 37.1 Å². The molecule has 0 radical (unpaired) electrons. The van der Waals surface area contributed by atoms with Gasteiger partial charge in [0.05, 0.1) is 26.0 Å². The number of hydrogen-bond donors (Lipinski definition) is 2. The first-order valence-electron chi connectivity index (χ1n) is 9.95. The Morgan fingerprint density at radius 3 is 2.70 bits per heavy atom. The second kappa shape index (κ2) is 10.1. The molecule has 1 aromatic carbocycles. The second-order valence-corrected chi connectivity index (χ2v) is 7.14. The fourth-order valence-electron chi connectivity index (χ4n) is 3.29. The smallest absolute Gasteiger partial charge is 0.403 e. The second-order valence-electron chi connectivity index (χ2n) is 7.14. The number of carbonyl (C=O) groups is 1. The molecule has 0 spiro atoms. The van der Waals surface area contributed by atoms with E-state index in [1.54, 1.807) is 13.8 Å². The van der Waals surface area contributed by atoms with E-state index in [1.807, 2.05) is 0 Å². The number of rotatable bonds is 9. The van der Waals surface area contributed by atoms with Gasteiger partial charge in [-0.25, -0.2) is 13.9 Å². The molecule has 2 aromatic heterocycles. The molecule has 0 bridgehead atoms. The van der Waals surface area contributed by atoms with Gasteiger partial charge in [-0.1, -0.05) is 6.07 Å². The van der Waals surface area contributed by atoms with Crippen LogP contribution in [0.25, 0.3) is 5.65 Å².